The number of nitrogens with one attached hydrogen (secondary N) is 1. The minimum absolute atomic E-state index is 0.129. The van der Waals surface area contributed by atoms with Gasteiger partial charge in [0.15, 0.2) is 0 Å². The molecule has 0 aliphatic carbocycles. The van der Waals surface area contributed by atoms with Crippen molar-refractivity contribution < 1.29 is 4.79 Å². The summed E-state index contributed by atoms with van der Waals surface area (Å²) in [7, 11) is 0. The third-order valence-electron chi connectivity index (χ3n) is 4.69. The van der Waals surface area contributed by atoms with E-state index < -0.39 is 0 Å². The molecular weight excluding hydrogens is 250 g/mol. The van der Waals surface area contributed by atoms with Crippen molar-refractivity contribution in [2.24, 2.45) is 11.7 Å². The molecule has 3 saturated heterocycles. The molecule has 2 bridgehead atoms. The van der Waals surface area contributed by atoms with Crippen molar-refractivity contribution >= 4 is 5.91 Å². The first-order valence-electron chi connectivity index (χ1n) is 7.55. The fraction of sp³-hybridized carbons (Fsp3) is 0.562. The lowest BCUT2D eigenvalue weighted by atomic mass is 9.84. The quantitative estimate of drug-likeness (QED) is 0.857. The highest BCUT2D eigenvalue weighted by atomic mass is 16.1. The highest BCUT2D eigenvalue weighted by Crippen LogP contribution is 2.27. The normalized spacial score (nSPS) is 28.4. The van der Waals surface area contributed by atoms with Crippen molar-refractivity contribution in [3.05, 3.63) is 35.4 Å². The monoisotopic (exact) mass is 273 g/mol. The largest absolute Gasteiger partial charge is 0.352 e. The van der Waals surface area contributed by atoms with Crippen molar-refractivity contribution in [2.75, 3.05) is 19.6 Å². The topological polar surface area (TPSA) is 58.4 Å². The Balaban J connectivity index is 1.60. The fourth-order valence-electron chi connectivity index (χ4n) is 3.49. The Kier molecular flexibility index (Phi) is 4.03. The van der Waals surface area contributed by atoms with Crippen molar-refractivity contribution in [1.82, 2.24) is 10.2 Å². The van der Waals surface area contributed by atoms with Gasteiger partial charge in [0.1, 0.15) is 0 Å². The minimum atomic E-state index is 0.129. The first-order chi connectivity index (χ1) is 9.76. The molecule has 3 N–H and O–H groups in total. The summed E-state index contributed by atoms with van der Waals surface area (Å²) in [6.45, 7) is 3.91. The van der Waals surface area contributed by atoms with E-state index in [1.165, 1.54) is 25.9 Å². The summed E-state index contributed by atoms with van der Waals surface area (Å²) in [5.74, 6) is 0.804. The van der Waals surface area contributed by atoms with Gasteiger partial charge in [0.05, 0.1) is 6.42 Å². The van der Waals surface area contributed by atoms with Gasteiger partial charge in [0.25, 0.3) is 0 Å². The molecule has 0 aromatic heterocycles. The Hall–Kier alpha value is -1.39. The lowest BCUT2D eigenvalue weighted by Gasteiger charge is -2.45. The Bertz CT molecular complexity index is 480. The van der Waals surface area contributed by atoms with E-state index in [1.54, 1.807) is 0 Å². The van der Waals surface area contributed by atoms with Crippen LogP contribution in [0.5, 0.6) is 0 Å². The second-order valence-corrected chi connectivity index (χ2v) is 5.96. The number of nitrogens with zero attached hydrogens (tertiary/aromatic N) is 1. The van der Waals surface area contributed by atoms with E-state index in [2.05, 4.69) is 10.2 Å². The lowest BCUT2D eigenvalue weighted by molar-refractivity contribution is -0.122. The first kappa shape index (κ1) is 13.6. The number of hydrogen-bond donors (Lipinski definition) is 2. The van der Waals surface area contributed by atoms with Crippen LogP contribution in [0.3, 0.4) is 0 Å². The van der Waals surface area contributed by atoms with E-state index in [-0.39, 0.29) is 5.91 Å². The third kappa shape index (κ3) is 2.86. The maximum absolute atomic E-state index is 12.3. The molecule has 3 aliphatic heterocycles. The highest BCUT2D eigenvalue weighted by molar-refractivity contribution is 5.79. The van der Waals surface area contributed by atoms with Crippen LogP contribution in [0.15, 0.2) is 24.3 Å². The molecule has 20 heavy (non-hydrogen) atoms. The molecule has 3 fully saturated rings. The molecule has 3 heterocycles. The second-order valence-electron chi connectivity index (χ2n) is 5.96. The number of nitrogens with two attached hydrogens (primary N) is 1. The zero-order chi connectivity index (χ0) is 13.9. The molecule has 4 nitrogen and oxygen atoms in total. The maximum atomic E-state index is 12.3. The molecule has 1 unspecified atom stereocenters. The summed E-state index contributed by atoms with van der Waals surface area (Å²) in [6, 6.07) is 8.28. The molecule has 108 valence electrons. The number of fused-ring (bicyclic) bond motifs is 3. The fourth-order valence-corrected chi connectivity index (χ4v) is 3.49. The Morgan fingerprint density at radius 1 is 1.25 bits per heavy atom. The molecule has 1 amide bonds. The van der Waals surface area contributed by atoms with Crippen LogP contribution in [0.25, 0.3) is 0 Å². The van der Waals surface area contributed by atoms with Gasteiger partial charge in [-0.15, -0.1) is 0 Å². The van der Waals surface area contributed by atoms with Gasteiger partial charge in [-0.05, 0) is 43.0 Å². The Morgan fingerprint density at radius 2 is 1.95 bits per heavy atom. The molecule has 3 aliphatic rings. The molecule has 1 aromatic carbocycles. The van der Waals surface area contributed by atoms with E-state index in [4.69, 9.17) is 5.73 Å². The highest BCUT2D eigenvalue weighted by Gasteiger charge is 2.34. The van der Waals surface area contributed by atoms with Crippen LogP contribution in [0.2, 0.25) is 0 Å². The molecule has 4 heteroatoms. The van der Waals surface area contributed by atoms with E-state index in [0.29, 0.717) is 24.9 Å². The minimum Gasteiger partial charge on any atom is -0.352 e. The molecule has 0 spiro atoms. The number of benzene rings is 1. The van der Waals surface area contributed by atoms with Crippen molar-refractivity contribution in [1.29, 1.82) is 0 Å². The van der Waals surface area contributed by atoms with Crippen LogP contribution >= 0.6 is 0 Å². The number of hydrogen-bond acceptors (Lipinski definition) is 3. The maximum Gasteiger partial charge on any atom is 0.224 e. The molecule has 0 saturated carbocycles. The van der Waals surface area contributed by atoms with Gasteiger partial charge >= 0.3 is 0 Å². The van der Waals surface area contributed by atoms with E-state index in [1.807, 2.05) is 24.3 Å². The average Bonchev–Trinajstić information content (AvgIpc) is 2.49. The summed E-state index contributed by atoms with van der Waals surface area (Å²) in [5, 5.41) is 3.23. The predicted octanol–water partition coefficient (Wildman–Crippen LogP) is 0.898. The van der Waals surface area contributed by atoms with Crippen molar-refractivity contribution in [3.63, 3.8) is 0 Å². The molecular formula is C16H23N3O. The van der Waals surface area contributed by atoms with Crippen LogP contribution in [-0.2, 0) is 17.8 Å². The third-order valence-corrected chi connectivity index (χ3v) is 4.69. The van der Waals surface area contributed by atoms with Crippen molar-refractivity contribution in [2.45, 2.75) is 31.8 Å². The van der Waals surface area contributed by atoms with E-state index in [9.17, 15) is 4.79 Å². The SMILES string of the molecule is NCc1ccccc1CC(=O)NC1CN2CCC1CC2. The number of amides is 1. The molecule has 1 aromatic rings. The van der Waals surface area contributed by atoms with Gasteiger partial charge < -0.3 is 16.0 Å². The zero-order valence-corrected chi connectivity index (χ0v) is 11.8. The summed E-state index contributed by atoms with van der Waals surface area (Å²) in [4.78, 5) is 14.7. The standard InChI is InChI=1S/C16H23N3O/c17-10-14-4-2-1-3-13(14)9-16(20)18-15-11-19-7-5-12(15)6-8-19/h1-4,12,15H,5-11,17H2,(H,18,20). The lowest BCUT2D eigenvalue weighted by Crippen LogP contribution is -2.57. The Morgan fingerprint density at radius 3 is 2.55 bits per heavy atom. The van der Waals surface area contributed by atoms with Gasteiger partial charge in [-0.2, -0.15) is 0 Å². The summed E-state index contributed by atoms with van der Waals surface area (Å²) in [5.41, 5.74) is 7.84. The number of piperidine rings is 3. The average molecular weight is 273 g/mol. The van der Waals surface area contributed by atoms with Crippen molar-refractivity contribution in [3.8, 4) is 0 Å². The Labute approximate surface area is 120 Å². The second kappa shape index (κ2) is 5.94. The van der Waals surface area contributed by atoms with Crippen LogP contribution in [0.4, 0.5) is 0 Å². The molecule has 1 atom stereocenters. The first-order valence-corrected chi connectivity index (χ1v) is 7.55. The van der Waals surface area contributed by atoms with Gasteiger partial charge in [0, 0.05) is 19.1 Å². The summed E-state index contributed by atoms with van der Waals surface area (Å²) < 4.78 is 0. The summed E-state index contributed by atoms with van der Waals surface area (Å²) >= 11 is 0. The number of carbonyl (C=O) groups excluding carboxylic acids is 1. The van der Waals surface area contributed by atoms with Gasteiger partial charge in [-0.25, -0.2) is 0 Å². The van der Waals surface area contributed by atoms with Gasteiger partial charge in [-0.1, -0.05) is 24.3 Å². The van der Waals surface area contributed by atoms with E-state index >= 15 is 0 Å². The molecule has 4 rings (SSSR count). The van der Waals surface area contributed by atoms with Crippen LogP contribution in [0, 0.1) is 5.92 Å². The van der Waals surface area contributed by atoms with Crippen LogP contribution < -0.4 is 11.1 Å². The number of rotatable bonds is 4. The van der Waals surface area contributed by atoms with Crippen LogP contribution in [0.1, 0.15) is 24.0 Å². The van der Waals surface area contributed by atoms with Gasteiger partial charge in [0.2, 0.25) is 5.91 Å². The van der Waals surface area contributed by atoms with Crippen LogP contribution in [-0.4, -0.2) is 36.5 Å². The zero-order valence-electron chi connectivity index (χ0n) is 11.8. The predicted molar refractivity (Wildman–Crippen MR) is 79.1 cm³/mol. The van der Waals surface area contributed by atoms with E-state index in [0.717, 1.165) is 17.7 Å². The summed E-state index contributed by atoms with van der Waals surface area (Å²) in [6.07, 6.45) is 2.89. The number of carbonyl (C=O) groups is 1. The molecule has 0 radical (unpaired) electrons. The smallest absolute Gasteiger partial charge is 0.224 e. The van der Waals surface area contributed by atoms with Gasteiger partial charge in [-0.3, -0.25) is 4.79 Å².